The van der Waals surface area contributed by atoms with Crippen molar-refractivity contribution in [2.45, 2.75) is 59.4 Å². The van der Waals surface area contributed by atoms with Gasteiger partial charge in [0.15, 0.2) is 0 Å². The van der Waals surface area contributed by atoms with Gasteiger partial charge >= 0.3 is 0 Å². The molecule has 0 aliphatic rings. The Hall–Kier alpha value is -2.19. The van der Waals surface area contributed by atoms with Crippen molar-refractivity contribution >= 4 is 21.6 Å². The van der Waals surface area contributed by atoms with Crippen LogP contribution in [0.25, 0.3) is 0 Å². The molecule has 0 aliphatic heterocycles. The molecular weight excluding hydrogens is 376 g/mol. The van der Waals surface area contributed by atoms with Crippen LogP contribution >= 0.6 is 0 Å². The van der Waals surface area contributed by atoms with Crippen LogP contribution in [0.5, 0.6) is 0 Å². The van der Waals surface area contributed by atoms with Gasteiger partial charge in [-0.2, -0.15) is 9.40 Å². The minimum absolute atomic E-state index is 0.0437. The van der Waals surface area contributed by atoms with Crippen molar-refractivity contribution in [2.75, 3.05) is 18.4 Å². The second-order valence-electron chi connectivity index (χ2n) is 6.76. The van der Waals surface area contributed by atoms with Crippen molar-refractivity contribution in [1.29, 1.82) is 0 Å². The van der Waals surface area contributed by atoms with Gasteiger partial charge in [0, 0.05) is 18.8 Å². The number of carbonyl (C=O) groups is 1. The number of nitrogens with zero attached hydrogens (tertiary/aromatic N) is 3. The van der Waals surface area contributed by atoms with E-state index in [4.69, 9.17) is 0 Å². The van der Waals surface area contributed by atoms with Gasteiger partial charge in [0.25, 0.3) is 0 Å². The lowest BCUT2D eigenvalue weighted by Gasteiger charge is -2.18. The molecule has 154 valence electrons. The van der Waals surface area contributed by atoms with Crippen molar-refractivity contribution in [2.24, 2.45) is 0 Å². The van der Waals surface area contributed by atoms with Crippen LogP contribution in [0.2, 0.25) is 0 Å². The van der Waals surface area contributed by atoms with Gasteiger partial charge in [-0.25, -0.2) is 8.42 Å². The molecule has 7 nitrogen and oxygen atoms in total. The minimum Gasteiger partial charge on any atom is -0.324 e. The molecule has 0 saturated carbocycles. The van der Waals surface area contributed by atoms with Gasteiger partial charge in [-0.15, -0.1) is 0 Å². The average molecular weight is 407 g/mol. The topological polar surface area (TPSA) is 84.3 Å². The number of amides is 1. The van der Waals surface area contributed by atoms with E-state index in [1.807, 2.05) is 32.0 Å². The lowest BCUT2D eigenvalue weighted by molar-refractivity contribution is -0.117. The Morgan fingerprint density at radius 2 is 1.79 bits per heavy atom. The predicted octanol–water partition coefficient (Wildman–Crippen LogP) is 3.04. The quantitative estimate of drug-likeness (QED) is 0.730. The fourth-order valence-electron chi connectivity index (χ4n) is 3.42. The molecule has 2 aromatic rings. The van der Waals surface area contributed by atoms with Gasteiger partial charge in [0.1, 0.15) is 11.4 Å². The van der Waals surface area contributed by atoms with Gasteiger partial charge < -0.3 is 5.32 Å². The molecule has 0 saturated heterocycles. The maximum atomic E-state index is 12.9. The number of hydrogen-bond acceptors (Lipinski definition) is 4. The van der Waals surface area contributed by atoms with Crippen LogP contribution in [0.4, 0.5) is 5.69 Å². The molecule has 1 aromatic heterocycles. The van der Waals surface area contributed by atoms with Gasteiger partial charge in [0.2, 0.25) is 15.9 Å². The molecule has 2 rings (SSSR count). The highest BCUT2D eigenvalue weighted by Crippen LogP contribution is 2.24. The number of hydrogen-bond donors (Lipinski definition) is 1. The monoisotopic (exact) mass is 406 g/mol. The first kappa shape index (κ1) is 22.1. The highest BCUT2D eigenvalue weighted by Gasteiger charge is 2.29. The number of rotatable bonds is 8. The summed E-state index contributed by atoms with van der Waals surface area (Å²) in [5, 5.41) is 7.28. The van der Waals surface area contributed by atoms with Crippen LogP contribution in [0.15, 0.2) is 23.1 Å². The Kier molecular flexibility index (Phi) is 7.01. The first-order valence-corrected chi connectivity index (χ1v) is 11.0. The van der Waals surface area contributed by atoms with Crippen molar-refractivity contribution in [3.63, 3.8) is 0 Å². The fourth-order valence-corrected chi connectivity index (χ4v) is 5.25. The van der Waals surface area contributed by atoms with E-state index in [-0.39, 0.29) is 17.3 Å². The molecule has 0 aliphatic carbocycles. The van der Waals surface area contributed by atoms with E-state index in [0.717, 1.165) is 23.2 Å². The molecule has 0 bridgehead atoms. The summed E-state index contributed by atoms with van der Waals surface area (Å²) in [6.45, 7) is 11.7. The summed E-state index contributed by atoms with van der Waals surface area (Å²) >= 11 is 0. The van der Waals surface area contributed by atoms with E-state index in [2.05, 4.69) is 10.4 Å². The Labute approximate surface area is 167 Å². The molecule has 0 atom stereocenters. The summed E-state index contributed by atoms with van der Waals surface area (Å²) < 4.78 is 28.7. The minimum atomic E-state index is -3.64. The zero-order chi connectivity index (χ0) is 21.1. The van der Waals surface area contributed by atoms with E-state index >= 15 is 0 Å². The lowest BCUT2D eigenvalue weighted by Crippen LogP contribution is -2.31. The molecule has 1 N–H and O–H groups in total. The molecule has 0 fully saturated rings. The molecule has 0 spiro atoms. The Morgan fingerprint density at radius 1 is 1.14 bits per heavy atom. The molecule has 0 radical (unpaired) electrons. The number of aromatic nitrogens is 2. The number of anilines is 1. The van der Waals surface area contributed by atoms with Crippen molar-refractivity contribution in [3.8, 4) is 0 Å². The molecule has 28 heavy (non-hydrogen) atoms. The van der Waals surface area contributed by atoms with Crippen LogP contribution in [-0.2, 0) is 27.8 Å². The van der Waals surface area contributed by atoms with Gasteiger partial charge in [-0.3, -0.25) is 9.48 Å². The Morgan fingerprint density at radius 3 is 2.36 bits per heavy atom. The highest BCUT2D eigenvalue weighted by atomic mass is 32.2. The second kappa shape index (κ2) is 8.87. The molecule has 1 aromatic carbocycles. The summed E-state index contributed by atoms with van der Waals surface area (Å²) in [4.78, 5) is 12.8. The maximum absolute atomic E-state index is 12.9. The Bertz CT molecular complexity index is 960. The normalized spacial score (nSPS) is 11.8. The summed E-state index contributed by atoms with van der Waals surface area (Å²) in [6, 6.07) is 5.91. The van der Waals surface area contributed by atoms with Crippen LogP contribution in [-0.4, -0.2) is 41.5 Å². The first-order valence-electron chi connectivity index (χ1n) is 9.59. The summed E-state index contributed by atoms with van der Waals surface area (Å²) in [5.74, 6) is -0.235. The standard InChI is InChI=1S/C20H30N4O3S/c1-7-17-12-10-11-14(4)19(17)21-18(25)13-24-16(6)20(15(5)22-24)28(26,27)23(8-2)9-3/h10-12H,7-9,13H2,1-6H3,(H,21,25). The van der Waals surface area contributed by atoms with Crippen molar-refractivity contribution < 1.29 is 13.2 Å². The fraction of sp³-hybridized carbons (Fsp3) is 0.500. The third-order valence-electron chi connectivity index (χ3n) is 4.92. The predicted molar refractivity (Wildman–Crippen MR) is 111 cm³/mol. The number of benzene rings is 1. The van der Waals surface area contributed by atoms with Gasteiger partial charge in [-0.1, -0.05) is 39.0 Å². The summed E-state index contributed by atoms with van der Waals surface area (Å²) in [6.07, 6.45) is 0.809. The number of nitrogens with one attached hydrogen (secondary N) is 1. The number of sulfonamides is 1. The largest absolute Gasteiger partial charge is 0.324 e. The highest BCUT2D eigenvalue weighted by molar-refractivity contribution is 7.89. The number of aryl methyl sites for hydroxylation is 3. The van der Waals surface area contributed by atoms with Crippen molar-refractivity contribution in [1.82, 2.24) is 14.1 Å². The zero-order valence-electron chi connectivity index (χ0n) is 17.5. The van der Waals surface area contributed by atoms with Crippen molar-refractivity contribution in [3.05, 3.63) is 40.7 Å². The van der Waals surface area contributed by atoms with E-state index in [0.29, 0.717) is 24.5 Å². The molecule has 0 unspecified atom stereocenters. The average Bonchev–Trinajstić information content (AvgIpc) is 2.91. The third kappa shape index (κ3) is 4.28. The zero-order valence-corrected chi connectivity index (χ0v) is 18.4. The molecule has 8 heteroatoms. The van der Waals surface area contributed by atoms with E-state index < -0.39 is 10.0 Å². The first-order chi connectivity index (χ1) is 13.2. The van der Waals surface area contributed by atoms with E-state index in [9.17, 15) is 13.2 Å². The summed E-state index contributed by atoms with van der Waals surface area (Å²) in [7, 11) is -3.64. The SMILES string of the molecule is CCc1cccc(C)c1NC(=O)Cn1nc(C)c(S(=O)(=O)N(CC)CC)c1C. The summed E-state index contributed by atoms with van der Waals surface area (Å²) in [5.41, 5.74) is 3.74. The number of carbonyl (C=O) groups excluding carboxylic acids is 1. The van der Waals surface area contributed by atoms with Crippen LogP contribution in [0.3, 0.4) is 0 Å². The van der Waals surface area contributed by atoms with Gasteiger partial charge in [-0.05, 0) is 38.3 Å². The van der Waals surface area contributed by atoms with E-state index in [1.54, 1.807) is 27.7 Å². The Balaban J connectivity index is 2.31. The lowest BCUT2D eigenvalue weighted by atomic mass is 10.1. The molecular formula is C20H30N4O3S. The van der Waals surface area contributed by atoms with Gasteiger partial charge in [0.05, 0.1) is 11.4 Å². The third-order valence-corrected chi connectivity index (χ3v) is 7.22. The molecule has 1 amide bonds. The van der Waals surface area contributed by atoms with Crippen LogP contribution in [0.1, 0.15) is 43.3 Å². The molecule has 1 heterocycles. The van der Waals surface area contributed by atoms with Crippen LogP contribution in [0, 0.1) is 20.8 Å². The second-order valence-corrected chi connectivity index (χ2v) is 8.63. The smallest absolute Gasteiger partial charge is 0.246 e. The number of para-hydroxylation sites is 1. The maximum Gasteiger partial charge on any atom is 0.246 e. The van der Waals surface area contributed by atoms with E-state index in [1.165, 1.54) is 8.99 Å². The van der Waals surface area contributed by atoms with Crippen LogP contribution < -0.4 is 5.32 Å².